The summed E-state index contributed by atoms with van der Waals surface area (Å²) in [6, 6.07) is 13.8. The zero-order chi connectivity index (χ0) is 10.4. The van der Waals surface area contributed by atoms with Crippen LogP contribution in [0.4, 0.5) is 0 Å². The van der Waals surface area contributed by atoms with Crippen LogP contribution in [0.2, 0.25) is 0 Å². The van der Waals surface area contributed by atoms with Crippen LogP contribution >= 0.6 is 0 Å². The topological polar surface area (TPSA) is 43.1 Å². The van der Waals surface area contributed by atoms with Crippen LogP contribution in [0.15, 0.2) is 42.5 Å². The Kier molecular flexibility index (Phi) is 1.48. The second-order valence-electron chi connectivity index (χ2n) is 3.67. The molecule has 3 rings (SSSR count). The van der Waals surface area contributed by atoms with Gasteiger partial charge in [-0.25, -0.2) is 0 Å². The maximum Gasteiger partial charge on any atom is 0.248 e. The Morgan fingerprint density at radius 1 is 0.867 bits per heavy atom. The van der Waals surface area contributed by atoms with Crippen molar-refractivity contribution in [2.24, 2.45) is 5.73 Å². The van der Waals surface area contributed by atoms with Gasteiger partial charge in [0.2, 0.25) is 5.91 Å². The molecule has 1 aliphatic carbocycles. The molecule has 1 aliphatic rings. The lowest BCUT2D eigenvalue weighted by Gasteiger charge is -2.23. The number of hydrogen-bond acceptors (Lipinski definition) is 1. The number of fused-ring (bicyclic) bond motifs is 4. The first-order chi connectivity index (χ1) is 7.27. The van der Waals surface area contributed by atoms with Gasteiger partial charge in [-0.1, -0.05) is 30.3 Å². The molecule has 0 saturated carbocycles. The van der Waals surface area contributed by atoms with Gasteiger partial charge in [0, 0.05) is 5.56 Å². The highest BCUT2D eigenvalue weighted by Crippen LogP contribution is 2.46. The SMILES string of the molecule is NC(=O)c1ccc2c(c1)-c1ccccc1-2. The molecule has 0 radical (unpaired) electrons. The maximum absolute atomic E-state index is 11.0. The predicted octanol–water partition coefficient (Wildman–Crippen LogP) is 2.43. The largest absolute Gasteiger partial charge is 0.366 e. The summed E-state index contributed by atoms with van der Waals surface area (Å²) in [5, 5.41) is 0. The van der Waals surface area contributed by atoms with Gasteiger partial charge in [0.05, 0.1) is 0 Å². The van der Waals surface area contributed by atoms with Crippen LogP contribution in [0.25, 0.3) is 22.3 Å². The quantitative estimate of drug-likeness (QED) is 0.636. The first-order valence-corrected chi connectivity index (χ1v) is 4.81. The summed E-state index contributed by atoms with van der Waals surface area (Å²) < 4.78 is 0. The van der Waals surface area contributed by atoms with Crippen molar-refractivity contribution < 1.29 is 4.79 Å². The van der Waals surface area contributed by atoms with Crippen molar-refractivity contribution in [3.63, 3.8) is 0 Å². The summed E-state index contributed by atoms with van der Waals surface area (Å²) in [5.41, 5.74) is 10.6. The van der Waals surface area contributed by atoms with E-state index in [4.69, 9.17) is 5.73 Å². The van der Waals surface area contributed by atoms with E-state index in [2.05, 4.69) is 12.1 Å². The number of amides is 1. The Bertz CT molecular complexity index is 572. The minimum Gasteiger partial charge on any atom is -0.366 e. The van der Waals surface area contributed by atoms with Gasteiger partial charge in [-0.05, 0) is 34.4 Å². The molecule has 2 aromatic carbocycles. The Morgan fingerprint density at radius 3 is 2.13 bits per heavy atom. The van der Waals surface area contributed by atoms with Gasteiger partial charge >= 0.3 is 0 Å². The van der Waals surface area contributed by atoms with Crippen LogP contribution in [0.5, 0.6) is 0 Å². The van der Waals surface area contributed by atoms with Gasteiger partial charge in [-0.15, -0.1) is 0 Å². The van der Waals surface area contributed by atoms with E-state index in [-0.39, 0.29) is 5.91 Å². The maximum atomic E-state index is 11.0. The monoisotopic (exact) mass is 195 g/mol. The van der Waals surface area contributed by atoms with Crippen LogP contribution in [0.3, 0.4) is 0 Å². The highest BCUT2D eigenvalue weighted by atomic mass is 16.1. The summed E-state index contributed by atoms with van der Waals surface area (Å²) in [4.78, 5) is 11.0. The molecule has 2 nitrogen and oxygen atoms in total. The van der Waals surface area contributed by atoms with E-state index in [0.29, 0.717) is 5.56 Å². The molecule has 0 saturated heterocycles. The van der Waals surface area contributed by atoms with Crippen LogP contribution in [-0.2, 0) is 0 Å². The zero-order valence-corrected chi connectivity index (χ0v) is 8.03. The molecular weight excluding hydrogens is 186 g/mol. The number of carbonyl (C=O) groups is 1. The van der Waals surface area contributed by atoms with Crippen LogP contribution in [-0.4, -0.2) is 5.91 Å². The molecule has 2 N–H and O–H groups in total. The van der Waals surface area contributed by atoms with Crippen molar-refractivity contribution in [3.8, 4) is 22.3 Å². The average Bonchev–Trinajstić information content (AvgIpc) is 2.25. The normalized spacial score (nSPS) is 11.2. The number of primary amides is 1. The molecule has 0 aromatic heterocycles. The second kappa shape index (κ2) is 2.70. The molecular formula is C13H9NO. The smallest absolute Gasteiger partial charge is 0.248 e. The van der Waals surface area contributed by atoms with E-state index in [1.165, 1.54) is 16.7 Å². The minimum atomic E-state index is -0.373. The average molecular weight is 195 g/mol. The zero-order valence-electron chi connectivity index (χ0n) is 8.03. The summed E-state index contributed by atoms with van der Waals surface area (Å²) >= 11 is 0. The van der Waals surface area contributed by atoms with Gasteiger partial charge < -0.3 is 5.73 Å². The first-order valence-electron chi connectivity index (χ1n) is 4.81. The molecule has 72 valence electrons. The lowest BCUT2D eigenvalue weighted by Crippen LogP contribution is -2.12. The second-order valence-corrected chi connectivity index (χ2v) is 3.67. The number of benzene rings is 2. The molecule has 0 unspecified atom stereocenters. The van der Waals surface area contributed by atoms with Crippen molar-refractivity contribution >= 4 is 5.91 Å². The Morgan fingerprint density at radius 2 is 1.47 bits per heavy atom. The van der Waals surface area contributed by atoms with Gasteiger partial charge in [0.15, 0.2) is 0 Å². The van der Waals surface area contributed by atoms with E-state index >= 15 is 0 Å². The van der Waals surface area contributed by atoms with Crippen molar-refractivity contribution in [2.45, 2.75) is 0 Å². The number of nitrogens with two attached hydrogens (primary N) is 1. The van der Waals surface area contributed by atoms with Crippen molar-refractivity contribution in [1.82, 2.24) is 0 Å². The minimum absolute atomic E-state index is 0.373. The summed E-state index contributed by atoms with van der Waals surface area (Å²) in [5.74, 6) is -0.373. The fourth-order valence-corrected chi connectivity index (χ4v) is 2.05. The van der Waals surface area contributed by atoms with Gasteiger partial charge in [-0.3, -0.25) is 4.79 Å². The molecule has 0 aliphatic heterocycles. The lowest BCUT2D eigenvalue weighted by molar-refractivity contribution is 0.100. The number of hydrogen-bond donors (Lipinski definition) is 1. The van der Waals surface area contributed by atoms with Crippen LogP contribution < -0.4 is 5.73 Å². The van der Waals surface area contributed by atoms with E-state index in [1.807, 2.05) is 24.3 Å². The molecule has 2 aromatic rings. The Balaban J connectivity index is 2.19. The first kappa shape index (κ1) is 8.24. The van der Waals surface area contributed by atoms with Crippen molar-refractivity contribution in [1.29, 1.82) is 0 Å². The molecule has 0 bridgehead atoms. The third-order valence-electron chi connectivity index (χ3n) is 2.81. The highest BCUT2D eigenvalue weighted by molar-refractivity contribution is 6.05. The van der Waals surface area contributed by atoms with E-state index < -0.39 is 0 Å². The third-order valence-corrected chi connectivity index (χ3v) is 2.81. The van der Waals surface area contributed by atoms with Gasteiger partial charge in [0.1, 0.15) is 0 Å². The standard InChI is InChI=1S/C13H9NO/c14-13(15)8-5-6-11-9-3-1-2-4-10(9)12(11)7-8/h1-7H,(H2,14,15). The molecule has 15 heavy (non-hydrogen) atoms. The van der Waals surface area contributed by atoms with Crippen LogP contribution in [0.1, 0.15) is 10.4 Å². The van der Waals surface area contributed by atoms with Crippen molar-refractivity contribution in [3.05, 3.63) is 48.0 Å². The molecule has 1 amide bonds. The summed E-state index contributed by atoms with van der Waals surface area (Å²) in [7, 11) is 0. The molecule has 0 heterocycles. The van der Waals surface area contributed by atoms with Gasteiger partial charge in [-0.2, -0.15) is 0 Å². The summed E-state index contributed by atoms with van der Waals surface area (Å²) in [6.45, 7) is 0. The van der Waals surface area contributed by atoms with Crippen LogP contribution in [0, 0.1) is 0 Å². The summed E-state index contributed by atoms with van der Waals surface area (Å²) in [6.07, 6.45) is 0. The number of carbonyl (C=O) groups excluding carboxylic acids is 1. The Hall–Kier alpha value is -2.09. The lowest BCUT2D eigenvalue weighted by atomic mass is 9.80. The molecule has 0 spiro atoms. The molecule has 0 fully saturated rings. The number of rotatable bonds is 1. The predicted molar refractivity (Wildman–Crippen MR) is 59.4 cm³/mol. The Labute approximate surface area is 87.3 Å². The van der Waals surface area contributed by atoms with E-state index in [1.54, 1.807) is 6.07 Å². The van der Waals surface area contributed by atoms with E-state index in [9.17, 15) is 4.79 Å². The fourth-order valence-electron chi connectivity index (χ4n) is 2.05. The highest BCUT2D eigenvalue weighted by Gasteiger charge is 2.21. The third kappa shape index (κ3) is 1.02. The fraction of sp³-hybridized carbons (Fsp3) is 0. The molecule has 0 atom stereocenters. The van der Waals surface area contributed by atoms with Gasteiger partial charge in [0.25, 0.3) is 0 Å². The van der Waals surface area contributed by atoms with Crippen molar-refractivity contribution in [2.75, 3.05) is 0 Å². The molecule has 2 heteroatoms. The van der Waals surface area contributed by atoms with E-state index in [0.717, 1.165) is 5.56 Å².